The van der Waals surface area contributed by atoms with Gasteiger partial charge in [-0.05, 0) is 6.07 Å². The maximum absolute atomic E-state index is 12.6. The van der Waals surface area contributed by atoms with Gasteiger partial charge < -0.3 is 9.88 Å². The molecule has 19 heavy (non-hydrogen) atoms. The highest BCUT2D eigenvalue weighted by Crippen LogP contribution is 2.22. The second kappa shape index (κ2) is 5.48. The monoisotopic (exact) mass is 273 g/mol. The van der Waals surface area contributed by atoms with Gasteiger partial charge in [-0.2, -0.15) is 11.8 Å². The van der Waals surface area contributed by atoms with Crippen LogP contribution in [0.1, 0.15) is 10.4 Å². The molecule has 1 fully saturated rings. The minimum absolute atomic E-state index is 0.104. The van der Waals surface area contributed by atoms with Gasteiger partial charge in [0.2, 0.25) is 0 Å². The first kappa shape index (κ1) is 12.3. The lowest BCUT2D eigenvalue weighted by Crippen LogP contribution is -2.38. The highest BCUT2D eigenvalue weighted by molar-refractivity contribution is 7.99. The number of thioether (sulfide) groups is 1. The number of hydrogen-bond donors (Lipinski definition) is 1. The number of aromatic amines is 1. The van der Waals surface area contributed by atoms with E-state index in [-0.39, 0.29) is 5.91 Å². The van der Waals surface area contributed by atoms with Gasteiger partial charge in [-0.15, -0.1) is 0 Å². The second-order valence-corrected chi connectivity index (χ2v) is 5.61. The summed E-state index contributed by atoms with van der Waals surface area (Å²) in [5.41, 5.74) is 1.60. The van der Waals surface area contributed by atoms with Crippen molar-refractivity contribution in [2.75, 3.05) is 24.6 Å². The van der Waals surface area contributed by atoms with Crippen molar-refractivity contribution in [3.63, 3.8) is 0 Å². The van der Waals surface area contributed by atoms with Crippen LogP contribution in [0.3, 0.4) is 0 Å². The topological polar surface area (TPSA) is 49.0 Å². The summed E-state index contributed by atoms with van der Waals surface area (Å²) >= 11 is 1.90. The maximum atomic E-state index is 12.6. The lowest BCUT2D eigenvalue weighted by atomic mass is 10.1. The van der Waals surface area contributed by atoms with Crippen LogP contribution in [0.15, 0.2) is 36.7 Å². The van der Waals surface area contributed by atoms with Crippen molar-refractivity contribution in [1.82, 2.24) is 14.9 Å². The highest BCUT2D eigenvalue weighted by atomic mass is 32.2. The van der Waals surface area contributed by atoms with Crippen molar-refractivity contribution in [2.24, 2.45) is 0 Å². The third-order valence-electron chi connectivity index (χ3n) is 3.21. The smallest absolute Gasteiger partial charge is 0.254 e. The zero-order valence-corrected chi connectivity index (χ0v) is 11.3. The van der Waals surface area contributed by atoms with Crippen LogP contribution in [-0.2, 0) is 0 Å². The Bertz CT molecular complexity index is 562. The van der Waals surface area contributed by atoms with Crippen LogP contribution in [0.4, 0.5) is 0 Å². The van der Waals surface area contributed by atoms with Crippen molar-refractivity contribution in [2.45, 2.75) is 0 Å². The number of imidazole rings is 1. The Morgan fingerprint density at radius 2 is 2.05 bits per heavy atom. The Labute approximate surface area is 116 Å². The Hall–Kier alpha value is -1.75. The molecule has 1 aliphatic heterocycles. The summed E-state index contributed by atoms with van der Waals surface area (Å²) in [6.07, 6.45) is 3.47. The van der Waals surface area contributed by atoms with Crippen molar-refractivity contribution in [3.05, 3.63) is 42.2 Å². The molecule has 1 N–H and O–H groups in total. The average Bonchev–Trinajstić information content (AvgIpc) is 3.01. The van der Waals surface area contributed by atoms with Gasteiger partial charge >= 0.3 is 0 Å². The van der Waals surface area contributed by atoms with Gasteiger partial charge in [-0.25, -0.2) is 4.98 Å². The van der Waals surface area contributed by atoms with E-state index < -0.39 is 0 Å². The van der Waals surface area contributed by atoms with Gasteiger partial charge in [-0.3, -0.25) is 4.79 Å². The first-order chi connectivity index (χ1) is 9.36. The zero-order valence-electron chi connectivity index (χ0n) is 10.5. The summed E-state index contributed by atoms with van der Waals surface area (Å²) in [5.74, 6) is 2.89. The van der Waals surface area contributed by atoms with Crippen molar-refractivity contribution < 1.29 is 4.79 Å². The Morgan fingerprint density at radius 3 is 2.79 bits per heavy atom. The number of nitrogens with zero attached hydrogens (tertiary/aromatic N) is 2. The Morgan fingerprint density at radius 1 is 1.26 bits per heavy atom. The van der Waals surface area contributed by atoms with E-state index in [2.05, 4.69) is 9.97 Å². The molecule has 98 valence electrons. The molecule has 0 spiro atoms. The molecule has 1 amide bonds. The molecule has 2 aromatic rings. The standard InChI is InChI=1S/C14H15N3OS/c18-14(17-7-9-19-10-8-17)12-4-2-1-3-11(12)13-15-5-6-16-13/h1-6H,7-10H2,(H,15,16). The molecular weight excluding hydrogens is 258 g/mol. The first-order valence-electron chi connectivity index (χ1n) is 6.32. The molecule has 0 aliphatic carbocycles. The summed E-state index contributed by atoms with van der Waals surface area (Å²) in [6.45, 7) is 1.66. The highest BCUT2D eigenvalue weighted by Gasteiger charge is 2.21. The second-order valence-electron chi connectivity index (χ2n) is 4.39. The fourth-order valence-electron chi connectivity index (χ4n) is 2.23. The van der Waals surface area contributed by atoms with Gasteiger partial charge in [0.25, 0.3) is 5.91 Å². The van der Waals surface area contributed by atoms with Crippen molar-refractivity contribution in [3.8, 4) is 11.4 Å². The SMILES string of the molecule is O=C(c1ccccc1-c1ncc[nH]1)N1CCSCC1. The number of amides is 1. The molecular formula is C14H15N3OS. The van der Waals surface area contributed by atoms with E-state index in [1.807, 2.05) is 40.9 Å². The minimum atomic E-state index is 0.104. The normalized spacial score (nSPS) is 15.5. The molecule has 0 unspecified atom stereocenters. The quantitative estimate of drug-likeness (QED) is 0.913. The van der Waals surface area contributed by atoms with E-state index in [1.165, 1.54) is 0 Å². The summed E-state index contributed by atoms with van der Waals surface area (Å²) in [4.78, 5) is 21.8. The largest absolute Gasteiger partial charge is 0.345 e. The number of rotatable bonds is 2. The van der Waals surface area contributed by atoms with Crippen LogP contribution >= 0.6 is 11.8 Å². The van der Waals surface area contributed by atoms with Crippen LogP contribution in [0.25, 0.3) is 11.4 Å². The Kier molecular flexibility index (Phi) is 3.55. The van der Waals surface area contributed by atoms with Crippen LogP contribution in [0.5, 0.6) is 0 Å². The van der Waals surface area contributed by atoms with Crippen molar-refractivity contribution in [1.29, 1.82) is 0 Å². The Balaban J connectivity index is 1.94. The summed E-state index contributed by atoms with van der Waals surface area (Å²) in [5, 5.41) is 0. The minimum Gasteiger partial charge on any atom is -0.345 e. The van der Waals surface area contributed by atoms with Crippen LogP contribution in [0.2, 0.25) is 0 Å². The maximum Gasteiger partial charge on any atom is 0.254 e. The molecule has 2 heterocycles. The van der Waals surface area contributed by atoms with E-state index in [4.69, 9.17) is 0 Å². The molecule has 4 nitrogen and oxygen atoms in total. The zero-order chi connectivity index (χ0) is 13.1. The fraction of sp³-hybridized carbons (Fsp3) is 0.286. The number of aromatic nitrogens is 2. The van der Waals surface area contributed by atoms with Crippen LogP contribution < -0.4 is 0 Å². The molecule has 1 aliphatic rings. The molecule has 0 saturated carbocycles. The van der Waals surface area contributed by atoms with Gasteiger partial charge in [0.1, 0.15) is 5.82 Å². The number of carbonyl (C=O) groups excluding carboxylic acids is 1. The average molecular weight is 273 g/mol. The van der Waals surface area contributed by atoms with E-state index >= 15 is 0 Å². The molecule has 3 rings (SSSR count). The van der Waals surface area contributed by atoms with E-state index in [0.717, 1.165) is 41.5 Å². The van der Waals surface area contributed by atoms with Gasteiger partial charge in [0, 0.05) is 42.6 Å². The third-order valence-corrected chi connectivity index (χ3v) is 4.15. The predicted octanol–water partition coefficient (Wildman–Crippen LogP) is 2.27. The number of hydrogen-bond acceptors (Lipinski definition) is 3. The van der Waals surface area contributed by atoms with Gasteiger partial charge in [0.05, 0.1) is 5.56 Å². The third kappa shape index (κ3) is 2.51. The van der Waals surface area contributed by atoms with Crippen LogP contribution in [0, 0.1) is 0 Å². The molecule has 0 bridgehead atoms. The summed E-state index contributed by atoms with van der Waals surface area (Å²) < 4.78 is 0. The summed E-state index contributed by atoms with van der Waals surface area (Å²) in [6, 6.07) is 7.64. The van der Waals surface area contributed by atoms with Crippen LogP contribution in [-0.4, -0.2) is 45.4 Å². The fourth-order valence-corrected chi connectivity index (χ4v) is 3.13. The molecule has 1 aromatic heterocycles. The van der Waals surface area contributed by atoms with E-state index in [1.54, 1.807) is 12.4 Å². The molecule has 1 aromatic carbocycles. The molecule has 5 heteroatoms. The lowest BCUT2D eigenvalue weighted by Gasteiger charge is -2.27. The number of nitrogens with one attached hydrogen (secondary N) is 1. The summed E-state index contributed by atoms with van der Waals surface area (Å²) in [7, 11) is 0. The van der Waals surface area contributed by atoms with E-state index in [9.17, 15) is 4.79 Å². The first-order valence-corrected chi connectivity index (χ1v) is 7.47. The lowest BCUT2D eigenvalue weighted by molar-refractivity contribution is 0.0773. The van der Waals surface area contributed by atoms with E-state index in [0.29, 0.717) is 0 Å². The predicted molar refractivity (Wildman–Crippen MR) is 77.3 cm³/mol. The number of benzene rings is 1. The van der Waals surface area contributed by atoms with Gasteiger partial charge in [0.15, 0.2) is 0 Å². The molecule has 0 radical (unpaired) electrons. The molecule has 0 atom stereocenters. The number of carbonyl (C=O) groups is 1. The number of H-pyrrole nitrogens is 1. The van der Waals surface area contributed by atoms with Crippen molar-refractivity contribution >= 4 is 17.7 Å². The van der Waals surface area contributed by atoms with Gasteiger partial charge in [-0.1, -0.05) is 18.2 Å². The molecule has 1 saturated heterocycles.